The Balaban J connectivity index is 2.70. The molecule has 0 fully saturated rings. The number of benzene rings is 1. The van der Waals surface area contributed by atoms with Crippen LogP contribution in [-0.2, 0) is 0 Å². The zero-order valence-electron chi connectivity index (χ0n) is 7.74. The summed E-state index contributed by atoms with van der Waals surface area (Å²) >= 11 is 0. The summed E-state index contributed by atoms with van der Waals surface area (Å²) in [5.74, 6) is -1.94. The molecule has 0 spiro atoms. The second-order valence-electron chi connectivity index (χ2n) is 2.88. The monoisotopic (exact) mass is 210 g/mol. The topological polar surface area (TPSA) is 75.4 Å². The van der Waals surface area contributed by atoms with Crippen molar-refractivity contribution in [2.24, 2.45) is 0 Å². The summed E-state index contributed by atoms with van der Waals surface area (Å²) in [6.07, 6.45) is 0. The van der Waals surface area contributed by atoms with E-state index in [4.69, 9.17) is 9.52 Å². The van der Waals surface area contributed by atoms with Gasteiger partial charge in [0, 0.05) is 7.05 Å². The highest BCUT2D eigenvalue weighted by Crippen LogP contribution is 2.23. The van der Waals surface area contributed by atoms with Gasteiger partial charge in [-0.1, -0.05) is 0 Å². The minimum atomic E-state index is -1.20. The Morgan fingerprint density at radius 3 is 2.93 bits per heavy atom. The highest BCUT2D eigenvalue weighted by molar-refractivity contribution is 5.92. The first-order valence-electron chi connectivity index (χ1n) is 4.13. The quantitative estimate of drug-likeness (QED) is 0.789. The number of anilines is 1. The Morgan fingerprint density at radius 2 is 2.33 bits per heavy atom. The van der Waals surface area contributed by atoms with Crippen molar-refractivity contribution in [3.63, 3.8) is 0 Å². The molecule has 0 atom stereocenters. The fourth-order valence-corrected chi connectivity index (χ4v) is 1.22. The zero-order chi connectivity index (χ0) is 11.0. The summed E-state index contributed by atoms with van der Waals surface area (Å²) in [5.41, 5.74) is -0.0305. The molecule has 0 aliphatic carbocycles. The fraction of sp³-hybridized carbons (Fsp3) is 0.111. The van der Waals surface area contributed by atoms with Crippen molar-refractivity contribution in [1.29, 1.82) is 0 Å². The van der Waals surface area contributed by atoms with Crippen LogP contribution in [0.2, 0.25) is 0 Å². The molecular weight excluding hydrogens is 203 g/mol. The van der Waals surface area contributed by atoms with Gasteiger partial charge in [0.1, 0.15) is 5.52 Å². The molecule has 1 heterocycles. The van der Waals surface area contributed by atoms with Crippen molar-refractivity contribution in [2.75, 3.05) is 12.4 Å². The molecule has 0 aliphatic heterocycles. The van der Waals surface area contributed by atoms with E-state index >= 15 is 0 Å². The number of carboxylic acids is 1. The minimum absolute atomic E-state index is 0.0515. The molecule has 0 bridgehead atoms. The van der Waals surface area contributed by atoms with Gasteiger partial charge >= 0.3 is 5.97 Å². The van der Waals surface area contributed by atoms with Crippen molar-refractivity contribution in [3.05, 3.63) is 23.5 Å². The molecule has 15 heavy (non-hydrogen) atoms. The van der Waals surface area contributed by atoms with Gasteiger partial charge in [0.2, 0.25) is 0 Å². The van der Waals surface area contributed by atoms with Crippen molar-refractivity contribution in [3.8, 4) is 0 Å². The maximum atomic E-state index is 13.3. The van der Waals surface area contributed by atoms with Crippen LogP contribution in [0.5, 0.6) is 0 Å². The number of oxazole rings is 1. The van der Waals surface area contributed by atoms with Gasteiger partial charge in [-0.05, 0) is 12.1 Å². The average molecular weight is 210 g/mol. The Hall–Kier alpha value is -2.11. The summed E-state index contributed by atoms with van der Waals surface area (Å²) in [7, 11) is 1.57. The predicted octanol–water partition coefficient (Wildman–Crippen LogP) is 1.71. The molecule has 0 aliphatic rings. The molecule has 2 rings (SSSR count). The zero-order valence-corrected chi connectivity index (χ0v) is 7.74. The normalized spacial score (nSPS) is 10.5. The van der Waals surface area contributed by atoms with Crippen LogP contribution in [0.25, 0.3) is 11.1 Å². The summed E-state index contributed by atoms with van der Waals surface area (Å²) < 4.78 is 18.3. The number of nitrogens with zero attached hydrogens (tertiary/aromatic N) is 1. The number of aromatic carboxylic acids is 1. The van der Waals surface area contributed by atoms with Gasteiger partial charge in [0.05, 0.1) is 5.56 Å². The van der Waals surface area contributed by atoms with E-state index < -0.39 is 11.8 Å². The SMILES string of the molecule is CNc1nc2cc(C(=O)O)cc(F)c2o1. The minimum Gasteiger partial charge on any atom is -0.478 e. The van der Waals surface area contributed by atoms with E-state index in [-0.39, 0.29) is 22.7 Å². The molecule has 0 saturated carbocycles. The number of carbonyl (C=O) groups is 1. The van der Waals surface area contributed by atoms with E-state index in [9.17, 15) is 9.18 Å². The number of fused-ring (bicyclic) bond motifs is 1. The largest absolute Gasteiger partial charge is 0.478 e. The molecule has 5 nitrogen and oxygen atoms in total. The van der Waals surface area contributed by atoms with Crippen molar-refractivity contribution in [1.82, 2.24) is 4.98 Å². The number of aromatic nitrogens is 1. The summed E-state index contributed by atoms with van der Waals surface area (Å²) in [6.45, 7) is 0. The molecule has 0 unspecified atom stereocenters. The van der Waals surface area contributed by atoms with Gasteiger partial charge in [-0.3, -0.25) is 0 Å². The lowest BCUT2D eigenvalue weighted by Gasteiger charge is -1.93. The van der Waals surface area contributed by atoms with Gasteiger partial charge in [0.25, 0.3) is 6.01 Å². The van der Waals surface area contributed by atoms with E-state index in [0.29, 0.717) is 0 Å². The number of hydrogen-bond donors (Lipinski definition) is 2. The second kappa shape index (κ2) is 3.23. The van der Waals surface area contributed by atoms with Crippen molar-refractivity contribution in [2.45, 2.75) is 0 Å². The standard InChI is InChI=1S/C9H7FN2O3/c1-11-9-12-6-3-4(8(13)14)2-5(10)7(6)15-9/h2-3H,1H3,(H,11,12)(H,13,14). The van der Waals surface area contributed by atoms with Crippen molar-refractivity contribution >= 4 is 23.1 Å². The maximum Gasteiger partial charge on any atom is 0.335 e. The maximum absolute atomic E-state index is 13.3. The number of carboxylic acid groups (broad SMARTS) is 1. The molecule has 78 valence electrons. The molecule has 0 amide bonds. The first-order chi connectivity index (χ1) is 7.11. The van der Waals surface area contributed by atoms with E-state index in [1.54, 1.807) is 7.05 Å². The van der Waals surface area contributed by atoms with Gasteiger partial charge in [0.15, 0.2) is 11.4 Å². The highest BCUT2D eigenvalue weighted by Gasteiger charge is 2.14. The summed E-state index contributed by atoms with van der Waals surface area (Å²) in [4.78, 5) is 14.5. The van der Waals surface area contributed by atoms with E-state index in [1.807, 2.05) is 0 Å². The molecule has 0 saturated heterocycles. The molecule has 0 radical (unpaired) electrons. The van der Waals surface area contributed by atoms with Crippen LogP contribution in [-0.4, -0.2) is 23.1 Å². The molecule has 1 aromatic carbocycles. The first-order valence-corrected chi connectivity index (χ1v) is 4.13. The molecule has 2 aromatic rings. The Bertz CT molecular complexity index is 535. The third-order valence-electron chi connectivity index (χ3n) is 1.91. The van der Waals surface area contributed by atoms with Crippen LogP contribution in [0.3, 0.4) is 0 Å². The molecule has 1 aromatic heterocycles. The van der Waals surface area contributed by atoms with E-state index in [1.165, 1.54) is 6.07 Å². The van der Waals surface area contributed by atoms with Crippen LogP contribution in [0.15, 0.2) is 16.5 Å². The first kappa shape index (κ1) is 9.45. The Kier molecular flexibility index (Phi) is 2.03. The molecular formula is C9H7FN2O3. The smallest absolute Gasteiger partial charge is 0.335 e. The van der Waals surface area contributed by atoms with Gasteiger partial charge in [-0.2, -0.15) is 4.98 Å². The van der Waals surface area contributed by atoms with Crippen LogP contribution in [0, 0.1) is 5.82 Å². The Labute approximate surface area is 83.5 Å². The number of halogens is 1. The lowest BCUT2D eigenvalue weighted by Crippen LogP contribution is -1.96. The third-order valence-corrected chi connectivity index (χ3v) is 1.91. The van der Waals surface area contributed by atoms with E-state index in [0.717, 1.165) is 6.07 Å². The summed E-state index contributed by atoms with van der Waals surface area (Å²) in [6, 6.07) is 2.30. The number of hydrogen-bond acceptors (Lipinski definition) is 4. The molecule has 2 N–H and O–H groups in total. The van der Waals surface area contributed by atoms with Crippen molar-refractivity contribution < 1.29 is 18.7 Å². The predicted molar refractivity (Wildman–Crippen MR) is 50.5 cm³/mol. The highest BCUT2D eigenvalue weighted by atomic mass is 19.1. The fourth-order valence-electron chi connectivity index (χ4n) is 1.22. The van der Waals surface area contributed by atoms with Gasteiger partial charge in [-0.25, -0.2) is 9.18 Å². The average Bonchev–Trinajstić information content (AvgIpc) is 2.61. The second-order valence-corrected chi connectivity index (χ2v) is 2.88. The third kappa shape index (κ3) is 1.50. The summed E-state index contributed by atoms with van der Waals surface area (Å²) in [5, 5.41) is 11.3. The van der Waals surface area contributed by atoms with Crippen LogP contribution < -0.4 is 5.32 Å². The Morgan fingerprint density at radius 1 is 1.60 bits per heavy atom. The number of rotatable bonds is 2. The lowest BCUT2D eigenvalue weighted by molar-refractivity contribution is 0.0696. The van der Waals surface area contributed by atoms with Crippen LogP contribution in [0.1, 0.15) is 10.4 Å². The van der Waals surface area contributed by atoms with E-state index in [2.05, 4.69) is 10.3 Å². The van der Waals surface area contributed by atoms with Crippen LogP contribution in [0.4, 0.5) is 10.4 Å². The van der Waals surface area contributed by atoms with Crippen LogP contribution >= 0.6 is 0 Å². The van der Waals surface area contributed by atoms with Gasteiger partial charge < -0.3 is 14.8 Å². The van der Waals surface area contributed by atoms with Gasteiger partial charge in [-0.15, -0.1) is 0 Å². The number of nitrogens with one attached hydrogen (secondary N) is 1. The lowest BCUT2D eigenvalue weighted by atomic mass is 10.2. The molecule has 6 heteroatoms.